The molecule has 25 heavy (non-hydrogen) atoms. The Morgan fingerprint density at radius 1 is 1.16 bits per heavy atom. The number of hydrogen-bond acceptors (Lipinski definition) is 5. The van der Waals surface area contributed by atoms with E-state index >= 15 is 0 Å². The molecule has 1 N–H and O–H groups in total. The molecule has 1 amide bonds. The topological polar surface area (TPSA) is 93.4 Å². The molecule has 0 bridgehead atoms. The van der Waals surface area contributed by atoms with Gasteiger partial charge in [0.2, 0.25) is 0 Å². The zero-order chi connectivity index (χ0) is 18.2. The zero-order valence-corrected chi connectivity index (χ0v) is 14.9. The highest BCUT2D eigenvalue weighted by Gasteiger charge is 2.17. The van der Waals surface area contributed by atoms with Gasteiger partial charge in [0.05, 0.1) is 11.9 Å². The van der Waals surface area contributed by atoms with Crippen molar-refractivity contribution in [3.05, 3.63) is 48.4 Å². The number of rotatable bonds is 4. The van der Waals surface area contributed by atoms with E-state index in [1.807, 2.05) is 13.8 Å². The van der Waals surface area contributed by atoms with Crippen molar-refractivity contribution >= 4 is 21.4 Å². The Kier molecular flexibility index (Phi) is 4.30. The number of aromatic nitrogens is 3. The first-order valence-electron chi connectivity index (χ1n) is 7.71. The van der Waals surface area contributed by atoms with E-state index in [1.165, 1.54) is 6.20 Å². The normalized spacial score (nSPS) is 11.8. The number of nitrogens with zero attached hydrogens (tertiary/aromatic N) is 3. The average molecular weight is 358 g/mol. The van der Waals surface area contributed by atoms with Crippen molar-refractivity contribution in [2.45, 2.75) is 24.9 Å². The Morgan fingerprint density at radius 3 is 2.44 bits per heavy atom. The maximum absolute atomic E-state index is 12.0. The predicted molar refractivity (Wildman–Crippen MR) is 94.1 cm³/mol. The molecule has 0 radical (unpaired) electrons. The lowest BCUT2D eigenvalue weighted by Gasteiger charge is -2.09. The average Bonchev–Trinajstić information content (AvgIpc) is 2.97. The number of sulfone groups is 1. The van der Waals surface area contributed by atoms with Crippen LogP contribution < -0.4 is 5.32 Å². The first-order valence-corrected chi connectivity index (χ1v) is 9.60. The van der Waals surface area contributed by atoms with E-state index < -0.39 is 9.84 Å². The van der Waals surface area contributed by atoms with E-state index in [-0.39, 0.29) is 22.6 Å². The van der Waals surface area contributed by atoms with Gasteiger partial charge in [-0.25, -0.2) is 18.4 Å². The molecule has 7 nitrogen and oxygen atoms in total. The second-order valence-corrected chi connectivity index (χ2v) is 7.98. The molecule has 3 rings (SSSR count). The van der Waals surface area contributed by atoms with Gasteiger partial charge in [-0.1, -0.05) is 12.1 Å². The van der Waals surface area contributed by atoms with Crippen LogP contribution in [0.2, 0.25) is 0 Å². The summed E-state index contributed by atoms with van der Waals surface area (Å²) in [7, 11) is -3.48. The van der Waals surface area contributed by atoms with Crippen molar-refractivity contribution in [3.8, 4) is 11.3 Å². The molecule has 0 unspecified atom stereocenters. The van der Waals surface area contributed by atoms with Crippen molar-refractivity contribution in [2.75, 3.05) is 6.26 Å². The fourth-order valence-electron chi connectivity index (χ4n) is 2.51. The Morgan fingerprint density at radius 2 is 1.84 bits per heavy atom. The van der Waals surface area contributed by atoms with Crippen LogP contribution in [0.5, 0.6) is 0 Å². The summed E-state index contributed by atoms with van der Waals surface area (Å²) in [5, 5.41) is 2.77. The first kappa shape index (κ1) is 17.1. The standard InChI is InChI=1S/C17H18N4O3S/c1-11(2)20-16(22)13-6-4-12(5-7-13)14-10-19-15-17(25(3,23)24)18-8-9-21(14)15/h4-11H,1-3H3,(H,20,22). The molecule has 2 aromatic heterocycles. The molecule has 0 aliphatic rings. The quantitative estimate of drug-likeness (QED) is 0.769. The molecule has 3 aromatic rings. The molecule has 130 valence electrons. The highest BCUT2D eigenvalue weighted by atomic mass is 32.2. The van der Waals surface area contributed by atoms with Crippen LogP contribution in [0.4, 0.5) is 0 Å². The van der Waals surface area contributed by atoms with Crippen LogP contribution in [0.1, 0.15) is 24.2 Å². The van der Waals surface area contributed by atoms with E-state index in [0.29, 0.717) is 5.56 Å². The third-order valence-electron chi connectivity index (χ3n) is 3.61. The summed E-state index contributed by atoms with van der Waals surface area (Å²) in [4.78, 5) is 20.1. The number of benzene rings is 1. The summed E-state index contributed by atoms with van der Waals surface area (Å²) in [6.45, 7) is 3.80. The van der Waals surface area contributed by atoms with Crippen molar-refractivity contribution in [1.29, 1.82) is 0 Å². The summed E-state index contributed by atoms with van der Waals surface area (Å²) in [6, 6.07) is 7.13. The van der Waals surface area contributed by atoms with E-state index in [9.17, 15) is 13.2 Å². The van der Waals surface area contributed by atoms with Crippen LogP contribution in [-0.4, -0.2) is 41.0 Å². The number of amides is 1. The highest BCUT2D eigenvalue weighted by molar-refractivity contribution is 7.90. The fourth-order valence-corrected chi connectivity index (χ4v) is 3.24. The molecule has 0 saturated heterocycles. The third-order valence-corrected chi connectivity index (χ3v) is 4.60. The van der Waals surface area contributed by atoms with E-state index in [0.717, 1.165) is 17.5 Å². The summed E-state index contributed by atoms with van der Waals surface area (Å²) in [5.74, 6) is -0.136. The maximum atomic E-state index is 12.0. The molecule has 0 spiro atoms. The summed E-state index contributed by atoms with van der Waals surface area (Å²) >= 11 is 0. The number of fused-ring (bicyclic) bond motifs is 1. The van der Waals surface area contributed by atoms with Crippen LogP contribution in [0.3, 0.4) is 0 Å². The van der Waals surface area contributed by atoms with E-state index in [4.69, 9.17) is 0 Å². The monoisotopic (exact) mass is 358 g/mol. The van der Waals surface area contributed by atoms with E-state index in [1.54, 1.807) is 41.1 Å². The SMILES string of the molecule is CC(C)NC(=O)c1ccc(-c2cnc3c(S(C)(=O)=O)nccn23)cc1. The first-order chi connectivity index (χ1) is 11.8. The summed E-state index contributed by atoms with van der Waals surface area (Å²) < 4.78 is 25.4. The van der Waals surface area contributed by atoms with Crippen LogP contribution in [0.15, 0.2) is 47.9 Å². The zero-order valence-electron chi connectivity index (χ0n) is 14.1. The van der Waals surface area contributed by atoms with Crippen molar-refractivity contribution in [3.63, 3.8) is 0 Å². The van der Waals surface area contributed by atoms with E-state index in [2.05, 4.69) is 15.3 Å². The van der Waals surface area contributed by atoms with Crippen LogP contribution in [0.25, 0.3) is 16.9 Å². The Balaban J connectivity index is 2.02. The number of nitrogens with one attached hydrogen (secondary N) is 1. The van der Waals surface area contributed by atoms with Gasteiger partial charge in [0, 0.05) is 35.8 Å². The van der Waals surface area contributed by atoms with Gasteiger partial charge in [-0.15, -0.1) is 0 Å². The predicted octanol–water partition coefficient (Wildman–Crippen LogP) is 1.94. The minimum atomic E-state index is -3.48. The lowest BCUT2D eigenvalue weighted by atomic mass is 10.1. The molecule has 0 atom stereocenters. The van der Waals surface area contributed by atoms with Gasteiger partial charge in [-0.3, -0.25) is 9.20 Å². The van der Waals surface area contributed by atoms with Gasteiger partial charge in [0.15, 0.2) is 20.5 Å². The third kappa shape index (κ3) is 3.39. The van der Waals surface area contributed by atoms with Gasteiger partial charge >= 0.3 is 0 Å². The smallest absolute Gasteiger partial charge is 0.251 e. The van der Waals surface area contributed by atoms with Crippen molar-refractivity contribution in [1.82, 2.24) is 19.7 Å². The number of carbonyl (C=O) groups is 1. The van der Waals surface area contributed by atoms with Gasteiger partial charge < -0.3 is 5.32 Å². The van der Waals surface area contributed by atoms with Crippen LogP contribution >= 0.6 is 0 Å². The number of imidazole rings is 1. The molecule has 2 heterocycles. The van der Waals surface area contributed by atoms with Gasteiger partial charge in [0.1, 0.15) is 0 Å². The molecule has 0 aliphatic heterocycles. The Bertz CT molecular complexity index is 1040. The molecule has 0 aliphatic carbocycles. The Hall–Kier alpha value is -2.74. The van der Waals surface area contributed by atoms with Crippen molar-refractivity contribution in [2.24, 2.45) is 0 Å². The fraction of sp³-hybridized carbons (Fsp3) is 0.235. The minimum Gasteiger partial charge on any atom is -0.350 e. The second kappa shape index (κ2) is 6.29. The molecule has 8 heteroatoms. The lowest BCUT2D eigenvalue weighted by Crippen LogP contribution is -2.29. The molecule has 0 fully saturated rings. The van der Waals surface area contributed by atoms with Gasteiger partial charge in [-0.05, 0) is 26.0 Å². The maximum Gasteiger partial charge on any atom is 0.251 e. The number of hydrogen-bond donors (Lipinski definition) is 1. The molecule has 0 saturated carbocycles. The van der Waals surface area contributed by atoms with Crippen LogP contribution in [0, 0.1) is 0 Å². The molecular weight excluding hydrogens is 340 g/mol. The second-order valence-electron chi connectivity index (χ2n) is 6.05. The number of carbonyl (C=O) groups excluding carboxylic acids is 1. The summed E-state index contributed by atoms with van der Waals surface area (Å²) in [6.07, 6.45) is 5.78. The largest absolute Gasteiger partial charge is 0.350 e. The Labute approximate surface area is 145 Å². The minimum absolute atomic E-state index is 0.0609. The van der Waals surface area contributed by atoms with Gasteiger partial charge in [0.25, 0.3) is 5.91 Å². The van der Waals surface area contributed by atoms with Gasteiger partial charge in [-0.2, -0.15) is 0 Å². The lowest BCUT2D eigenvalue weighted by molar-refractivity contribution is 0.0943. The molecular formula is C17H18N4O3S. The summed E-state index contributed by atoms with van der Waals surface area (Å²) in [5.41, 5.74) is 2.38. The highest BCUT2D eigenvalue weighted by Crippen LogP contribution is 2.23. The van der Waals surface area contributed by atoms with Crippen LogP contribution in [-0.2, 0) is 9.84 Å². The van der Waals surface area contributed by atoms with Crippen molar-refractivity contribution < 1.29 is 13.2 Å². The molecule has 1 aromatic carbocycles.